The molecule has 0 bridgehead atoms. The van der Waals surface area contributed by atoms with Crippen molar-refractivity contribution >= 4 is 5.97 Å². The summed E-state index contributed by atoms with van der Waals surface area (Å²) >= 11 is 0. The summed E-state index contributed by atoms with van der Waals surface area (Å²) in [6, 6.07) is 0.121. The van der Waals surface area contributed by atoms with Crippen LogP contribution in [0.5, 0.6) is 0 Å². The number of nitrogens with zero attached hydrogens (tertiary/aromatic N) is 1. The van der Waals surface area contributed by atoms with Gasteiger partial charge in [0.1, 0.15) is 5.76 Å². The van der Waals surface area contributed by atoms with Crippen LogP contribution in [0.25, 0.3) is 0 Å². The molecule has 5 heteroatoms. The molecule has 1 aromatic rings. The maximum absolute atomic E-state index is 10.9. The summed E-state index contributed by atoms with van der Waals surface area (Å²) < 4.78 is 9.64. The van der Waals surface area contributed by atoms with E-state index in [4.69, 9.17) is 4.52 Å². The van der Waals surface area contributed by atoms with Crippen LogP contribution in [0, 0.1) is 13.8 Å². The van der Waals surface area contributed by atoms with Gasteiger partial charge < -0.3 is 14.6 Å². The van der Waals surface area contributed by atoms with Crippen molar-refractivity contribution < 1.29 is 14.1 Å². The fraction of sp³-hybridized carbons (Fsp3) is 0.636. The standard InChI is InChI=1S/C11H18N2O3/c1-7(12-6-5-10(14)15-4)11-8(2)13-16-9(11)3/h7,12H,5-6H2,1-4H3. The number of carbonyl (C=O) groups excluding carboxylic acids is 1. The highest BCUT2D eigenvalue weighted by molar-refractivity contribution is 5.69. The summed E-state index contributed by atoms with van der Waals surface area (Å²) in [5.41, 5.74) is 1.94. The predicted molar refractivity (Wildman–Crippen MR) is 59.0 cm³/mol. The molecule has 1 atom stereocenters. The minimum absolute atomic E-state index is 0.121. The first-order chi connectivity index (χ1) is 7.56. The monoisotopic (exact) mass is 226 g/mol. The predicted octanol–water partition coefficient (Wildman–Crippen LogP) is 1.51. The Labute approximate surface area is 95.1 Å². The van der Waals surface area contributed by atoms with Gasteiger partial charge in [0.05, 0.1) is 19.2 Å². The molecule has 5 nitrogen and oxygen atoms in total. The zero-order chi connectivity index (χ0) is 12.1. The molecule has 0 aliphatic carbocycles. The molecule has 1 heterocycles. The number of esters is 1. The molecule has 0 saturated carbocycles. The summed E-state index contributed by atoms with van der Waals surface area (Å²) in [5, 5.41) is 7.12. The third kappa shape index (κ3) is 3.06. The molecule has 90 valence electrons. The zero-order valence-corrected chi connectivity index (χ0v) is 10.2. The maximum Gasteiger partial charge on any atom is 0.306 e. The summed E-state index contributed by atoms with van der Waals surface area (Å²) in [4.78, 5) is 10.9. The van der Waals surface area contributed by atoms with E-state index < -0.39 is 0 Å². The van der Waals surface area contributed by atoms with E-state index in [1.807, 2.05) is 20.8 Å². The smallest absolute Gasteiger partial charge is 0.306 e. The van der Waals surface area contributed by atoms with Gasteiger partial charge in [-0.15, -0.1) is 0 Å². The van der Waals surface area contributed by atoms with Gasteiger partial charge in [0.2, 0.25) is 0 Å². The van der Waals surface area contributed by atoms with Crippen LogP contribution >= 0.6 is 0 Å². The fourth-order valence-corrected chi connectivity index (χ4v) is 1.70. The Morgan fingerprint density at radius 1 is 1.56 bits per heavy atom. The highest BCUT2D eigenvalue weighted by Gasteiger charge is 2.15. The van der Waals surface area contributed by atoms with Gasteiger partial charge >= 0.3 is 5.97 Å². The second-order valence-corrected chi connectivity index (χ2v) is 3.74. The second-order valence-electron chi connectivity index (χ2n) is 3.74. The molecule has 0 spiro atoms. The number of nitrogens with one attached hydrogen (secondary N) is 1. The average molecular weight is 226 g/mol. The molecule has 0 aliphatic rings. The first kappa shape index (κ1) is 12.7. The van der Waals surface area contributed by atoms with Gasteiger partial charge in [-0.1, -0.05) is 5.16 Å². The lowest BCUT2D eigenvalue weighted by molar-refractivity contribution is -0.140. The molecular formula is C11H18N2O3. The van der Waals surface area contributed by atoms with Gasteiger partial charge in [-0.2, -0.15) is 0 Å². The summed E-state index contributed by atoms with van der Waals surface area (Å²) in [7, 11) is 1.39. The third-order valence-corrected chi connectivity index (χ3v) is 2.53. The van der Waals surface area contributed by atoms with Crippen molar-refractivity contribution in [1.29, 1.82) is 0 Å². The van der Waals surface area contributed by atoms with Crippen LogP contribution in [0.2, 0.25) is 0 Å². The van der Waals surface area contributed by atoms with E-state index in [0.717, 1.165) is 17.0 Å². The first-order valence-electron chi connectivity index (χ1n) is 5.29. The molecule has 1 unspecified atom stereocenters. The number of aromatic nitrogens is 1. The number of methoxy groups -OCH3 is 1. The number of hydrogen-bond acceptors (Lipinski definition) is 5. The molecule has 0 aliphatic heterocycles. The molecule has 1 rings (SSSR count). The molecule has 1 N–H and O–H groups in total. The average Bonchev–Trinajstić information content (AvgIpc) is 2.58. The maximum atomic E-state index is 10.9. The number of ether oxygens (including phenoxy) is 1. The van der Waals surface area contributed by atoms with E-state index in [0.29, 0.717) is 13.0 Å². The number of carbonyl (C=O) groups is 1. The fourth-order valence-electron chi connectivity index (χ4n) is 1.70. The highest BCUT2D eigenvalue weighted by atomic mass is 16.5. The number of aryl methyl sites for hydroxylation is 2. The Hall–Kier alpha value is -1.36. The SMILES string of the molecule is COC(=O)CCNC(C)c1c(C)noc1C. The van der Waals surface area contributed by atoms with Crippen molar-refractivity contribution in [2.75, 3.05) is 13.7 Å². The van der Waals surface area contributed by atoms with Gasteiger partial charge in [-0.25, -0.2) is 0 Å². The number of rotatable bonds is 5. The lowest BCUT2D eigenvalue weighted by Gasteiger charge is -2.12. The topological polar surface area (TPSA) is 64.4 Å². The molecule has 0 saturated heterocycles. The zero-order valence-electron chi connectivity index (χ0n) is 10.2. The van der Waals surface area contributed by atoms with E-state index in [-0.39, 0.29) is 12.0 Å². The van der Waals surface area contributed by atoms with Gasteiger partial charge in [0.25, 0.3) is 0 Å². The van der Waals surface area contributed by atoms with Crippen molar-refractivity contribution in [2.45, 2.75) is 33.2 Å². The minimum Gasteiger partial charge on any atom is -0.469 e. The molecule has 0 fully saturated rings. The van der Waals surface area contributed by atoms with Crippen molar-refractivity contribution in [1.82, 2.24) is 10.5 Å². The largest absolute Gasteiger partial charge is 0.469 e. The Balaban J connectivity index is 2.47. The van der Waals surface area contributed by atoms with E-state index >= 15 is 0 Å². The van der Waals surface area contributed by atoms with E-state index in [1.165, 1.54) is 7.11 Å². The normalized spacial score (nSPS) is 12.5. The van der Waals surface area contributed by atoms with E-state index in [1.54, 1.807) is 0 Å². The van der Waals surface area contributed by atoms with Crippen LogP contribution in [0.15, 0.2) is 4.52 Å². The molecule has 16 heavy (non-hydrogen) atoms. The highest BCUT2D eigenvalue weighted by Crippen LogP contribution is 2.20. The van der Waals surface area contributed by atoms with Crippen LogP contribution < -0.4 is 5.32 Å². The lowest BCUT2D eigenvalue weighted by atomic mass is 10.1. The van der Waals surface area contributed by atoms with Gasteiger partial charge in [0, 0.05) is 18.2 Å². The summed E-state index contributed by atoms with van der Waals surface area (Å²) in [6.45, 7) is 6.39. The van der Waals surface area contributed by atoms with Crippen LogP contribution in [0.3, 0.4) is 0 Å². The first-order valence-corrected chi connectivity index (χ1v) is 5.29. The summed E-state index contributed by atoms with van der Waals surface area (Å²) in [5.74, 6) is 0.606. The minimum atomic E-state index is -0.210. The van der Waals surface area contributed by atoms with Gasteiger partial charge in [0.15, 0.2) is 0 Å². The molecule has 0 aromatic carbocycles. The van der Waals surface area contributed by atoms with Crippen molar-refractivity contribution in [3.05, 3.63) is 17.0 Å². The molecule has 1 aromatic heterocycles. The Kier molecular flexibility index (Phi) is 4.49. The van der Waals surface area contributed by atoms with Crippen molar-refractivity contribution in [2.24, 2.45) is 0 Å². The van der Waals surface area contributed by atoms with E-state index in [2.05, 4.69) is 15.2 Å². The van der Waals surface area contributed by atoms with Crippen LogP contribution in [-0.4, -0.2) is 24.8 Å². The molecular weight excluding hydrogens is 208 g/mol. The lowest BCUT2D eigenvalue weighted by Crippen LogP contribution is -2.23. The molecule has 0 amide bonds. The van der Waals surface area contributed by atoms with Crippen LogP contribution in [-0.2, 0) is 9.53 Å². The van der Waals surface area contributed by atoms with Crippen molar-refractivity contribution in [3.63, 3.8) is 0 Å². The van der Waals surface area contributed by atoms with Crippen LogP contribution in [0.1, 0.15) is 36.4 Å². The van der Waals surface area contributed by atoms with Crippen molar-refractivity contribution in [3.8, 4) is 0 Å². The number of hydrogen-bond donors (Lipinski definition) is 1. The summed E-state index contributed by atoms with van der Waals surface area (Å²) in [6.07, 6.45) is 0.365. The third-order valence-electron chi connectivity index (χ3n) is 2.53. The Bertz CT molecular complexity index is 341. The van der Waals surface area contributed by atoms with E-state index in [9.17, 15) is 4.79 Å². The quantitative estimate of drug-likeness (QED) is 0.771. The van der Waals surface area contributed by atoms with Crippen LogP contribution in [0.4, 0.5) is 0 Å². The second kappa shape index (κ2) is 5.65. The van der Waals surface area contributed by atoms with Gasteiger partial charge in [-0.3, -0.25) is 4.79 Å². The molecule has 0 radical (unpaired) electrons. The van der Waals surface area contributed by atoms with Gasteiger partial charge in [-0.05, 0) is 20.8 Å². The Morgan fingerprint density at radius 3 is 2.75 bits per heavy atom. The Morgan fingerprint density at radius 2 is 2.25 bits per heavy atom.